The van der Waals surface area contributed by atoms with E-state index in [0.717, 1.165) is 31.2 Å². The zero-order valence-corrected chi connectivity index (χ0v) is 14.9. The van der Waals surface area contributed by atoms with Gasteiger partial charge in [0.2, 0.25) is 0 Å². The van der Waals surface area contributed by atoms with Gasteiger partial charge in [-0.05, 0) is 32.0 Å². The molecule has 6 nitrogen and oxygen atoms in total. The molecule has 0 amide bonds. The van der Waals surface area contributed by atoms with Gasteiger partial charge in [-0.15, -0.1) is 0 Å². The number of nitrogens with zero attached hydrogens (tertiary/aromatic N) is 5. The number of hydrogen-bond donors (Lipinski definition) is 1. The Morgan fingerprint density at radius 1 is 1.15 bits per heavy atom. The highest BCUT2D eigenvalue weighted by Crippen LogP contribution is 2.30. The van der Waals surface area contributed by atoms with Crippen molar-refractivity contribution in [2.75, 3.05) is 18.0 Å². The fourth-order valence-corrected chi connectivity index (χ4v) is 3.29. The molecule has 1 N–H and O–H groups in total. The van der Waals surface area contributed by atoms with Gasteiger partial charge in [-0.1, -0.05) is 0 Å². The van der Waals surface area contributed by atoms with Gasteiger partial charge >= 0.3 is 6.18 Å². The third kappa shape index (κ3) is 3.34. The van der Waals surface area contributed by atoms with Crippen LogP contribution in [0.25, 0.3) is 17.2 Å². The number of piperazine rings is 1. The quantitative estimate of drug-likeness (QED) is 0.745. The Bertz CT molecular complexity index is 967. The van der Waals surface area contributed by atoms with Crippen molar-refractivity contribution in [1.82, 2.24) is 24.7 Å². The Hall–Kier alpha value is -2.68. The van der Waals surface area contributed by atoms with Crippen molar-refractivity contribution in [3.05, 3.63) is 42.4 Å². The molecule has 1 aliphatic rings. The van der Waals surface area contributed by atoms with Crippen LogP contribution in [0.3, 0.4) is 0 Å². The Balaban J connectivity index is 1.76. The van der Waals surface area contributed by atoms with Crippen LogP contribution in [-0.4, -0.2) is 44.5 Å². The minimum atomic E-state index is -4.43. The second-order valence-corrected chi connectivity index (χ2v) is 6.84. The number of alkyl halides is 3. The fourth-order valence-electron chi connectivity index (χ4n) is 3.29. The summed E-state index contributed by atoms with van der Waals surface area (Å²) < 4.78 is 40.6. The maximum Gasteiger partial charge on any atom is 0.417 e. The smallest absolute Gasteiger partial charge is 0.351 e. The Morgan fingerprint density at radius 3 is 2.74 bits per heavy atom. The summed E-state index contributed by atoms with van der Waals surface area (Å²) in [5, 5.41) is 3.41. The first kappa shape index (κ1) is 17.7. The molecule has 0 aromatic carbocycles. The van der Waals surface area contributed by atoms with Crippen molar-refractivity contribution >= 4 is 11.5 Å². The molecule has 1 saturated heterocycles. The van der Waals surface area contributed by atoms with E-state index in [4.69, 9.17) is 0 Å². The lowest BCUT2D eigenvalue weighted by molar-refractivity contribution is -0.137. The number of fused-ring (bicyclic) bond motifs is 1. The summed E-state index contributed by atoms with van der Waals surface area (Å²) in [5.41, 5.74) is 0.0971. The highest BCUT2D eigenvalue weighted by atomic mass is 19.4. The predicted octanol–water partition coefficient (Wildman–Crippen LogP) is 3.00. The third-order valence-electron chi connectivity index (χ3n) is 4.76. The summed E-state index contributed by atoms with van der Waals surface area (Å²) in [6.45, 7) is 5.84. The molecule has 0 spiro atoms. The van der Waals surface area contributed by atoms with Crippen LogP contribution in [0.5, 0.6) is 0 Å². The first-order chi connectivity index (χ1) is 12.8. The first-order valence-corrected chi connectivity index (χ1v) is 8.70. The lowest BCUT2D eigenvalue weighted by Gasteiger charge is -2.38. The Kier molecular flexibility index (Phi) is 4.26. The average molecular weight is 376 g/mol. The van der Waals surface area contributed by atoms with E-state index in [1.54, 1.807) is 6.20 Å². The Labute approximate surface area is 154 Å². The van der Waals surface area contributed by atoms with Gasteiger partial charge in [-0.3, -0.25) is 4.40 Å². The molecule has 142 valence electrons. The molecule has 2 atom stereocenters. The molecule has 1 aliphatic heterocycles. The monoisotopic (exact) mass is 376 g/mol. The number of rotatable bonds is 2. The van der Waals surface area contributed by atoms with Crippen LogP contribution in [0.1, 0.15) is 19.4 Å². The standard InChI is InChI=1S/C18H19F3N6/c1-11-9-26(12(2)7-23-11)16-5-6-22-17(25-16)14-8-24-15-4-3-13(10-27(14)15)18(19,20)21/h3-6,8,10-12,23H,7,9H2,1-2H3/t11-,12-/m1/s1. The van der Waals surface area contributed by atoms with Gasteiger partial charge in [0, 0.05) is 37.6 Å². The summed E-state index contributed by atoms with van der Waals surface area (Å²) in [4.78, 5) is 15.2. The van der Waals surface area contributed by atoms with Crippen LogP contribution in [0.4, 0.5) is 19.0 Å². The molecule has 3 aromatic rings. The second-order valence-electron chi connectivity index (χ2n) is 6.84. The molecular weight excluding hydrogens is 357 g/mol. The third-order valence-corrected chi connectivity index (χ3v) is 4.76. The number of hydrogen-bond acceptors (Lipinski definition) is 5. The molecule has 4 heterocycles. The van der Waals surface area contributed by atoms with Crippen molar-refractivity contribution in [3.8, 4) is 11.5 Å². The molecule has 0 aliphatic carbocycles. The molecule has 3 aromatic heterocycles. The van der Waals surface area contributed by atoms with Gasteiger partial charge in [0.15, 0.2) is 5.82 Å². The Morgan fingerprint density at radius 2 is 1.96 bits per heavy atom. The summed E-state index contributed by atoms with van der Waals surface area (Å²) >= 11 is 0. The lowest BCUT2D eigenvalue weighted by atomic mass is 10.1. The predicted molar refractivity (Wildman–Crippen MR) is 95.5 cm³/mol. The van der Waals surface area contributed by atoms with E-state index in [0.29, 0.717) is 23.2 Å². The maximum absolute atomic E-state index is 13.1. The normalized spacial score (nSPS) is 21.0. The molecule has 1 fully saturated rings. The molecule has 0 saturated carbocycles. The molecule has 0 bridgehead atoms. The number of halogens is 3. The van der Waals surface area contributed by atoms with Crippen LogP contribution in [0.15, 0.2) is 36.8 Å². The SMILES string of the molecule is C[C@@H]1CN(c2ccnc(-c3cnc4ccc(C(F)(F)F)cn34)n2)[C@H](C)CN1. The lowest BCUT2D eigenvalue weighted by Crippen LogP contribution is -2.54. The van der Waals surface area contributed by atoms with Crippen molar-refractivity contribution in [1.29, 1.82) is 0 Å². The van der Waals surface area contributed by atoms with Gasteiger partial charge in [0.05, 0.1) is 11.8 Å². The van der Waals surface area contributed by atoms with Gasteiger partial charge < -0.3 is 10.2 Å². The van der Waals surface area contributed by atoms with Gasteiger partial charge in [-0.25, -0.2) is 15.0 Å². The van der Waals surface area contributed by atoms with E-state index < -0.39 is 11.7 Å². The minimum absolute atomic E-state index is 0.253. The second kappa shape index (κ2) is 6.49. The maximum atomic E-state index is 13.1. The van der Waals surface area contributed by atoms with E-state index in [-0.39, 0.29) is 6.04 Å². The number of aromatic nitrogens is 4. The zero-order chi connectivity index (χ0) is 19.2. The van der Waals surface area contributed by atoms with E-state index >= 15 is 0 Å². The van der Waals surface area contributed by atoms with E-state index in [2.05, 4.69) is 39.0 Å². The number of pyridine rings is 1. The average Bonchev–Trinajstić information content (AvgIpc) is 3.06. The topological polar surface area (TPSA) is 58.4 Å². The van der Waals surface area contributed by atoms with Crippen LogP contribution >= 0.6 is 0 Å². The van der Waals surface area contributed by atoms with E-state index in [1.807, 2.05) is 6.07 Å². The highest BCUT2D eigenvalue weighted by Gasteiger charge is 2.31. The summed E-state index contributed by atoms with van der Waals surface area (Å²) in [5.74, 6) is 1.10. The minimum Gasteiger partial charge on any atom is -0.351 e. The van der Waals surface area contributed by atoms with Crippen molar-refractivity contribution < 1.29 is 13.2 Å². The van der Waals surface area contributed by atoms with Gasteiger partial charge in [0.1, 0.15) is 17.2 Å². The summed E-state index contributed by atoms with van der Waals surface area (Å²) in [6.07, 6.45) is -0.267. The van der Waals surface area contributed by atoms with Crippen molar-refractivity contribution in [2.45, 2.75) is 32.1 Å². The zero-order valence-electron chi connectivity index (χ0n) is 14.9. The van der Waals surface area contributed by atoms with Crippen LogP contribution < -0.4 is 10.2 Å². The van der Waals surface area contributed by atoms with E-state index in [9.17, 15) is 13.2 Å². The molecule has 0 radical (unpaired) electrons. The van der Waals surface area contributed by atoms with Crippen molar-refractivity contribution in [2.24, 2.45) is 0 Å². The molecular formula is C18H19F3N6. The molecule has 9 heteroatoms. The number of nitrogens with one attached hydrogen (secondary N) is 1. The van der Waals surface area contributed by atoms with Crippen molar-refractivity contribution in [3.63, 3.8) is 0 Å². The first-order valence-electron chi connectivity index (χ1n) is 8.70. The highest BCUT2D eigenvalue weighted by molar-refractivity contribution is 5.59. The molecule has 0 unspecified atom stereocenters. The summed E-state index contributed by atoms with van der Waals surface area (Å²) in [7, 11) is 0. The summed E-state index contributed by atoms with van der Waals surface area (Å²) in [6, 6.07) is 4.76. The number of anilines is 1. The van der Waals surface area contributed by atoms with E-state index in [1.165, 1.54) is 16.7 Å². The molecule has 4 rings (SSSR count). The van der Waals surface area contributed by atoms with Gasteiger partial charge in [0.25, 0.3) is 0 Å². The largest absolute Gasteiger partial charge is 0.417 e. The van der Waals surface area contributed by atoms with Crippen LogP contribution in [-0.2, 0) is 6.18 Å². The van der Waals surface area contributed by atoms with Crippen LogP contribution in [0, 0.1) is 0 Å². The molecule has 27 heavy (non-hydrogen) atoms. The fraction of sp³-hybridized carbons (Fsp3) is 0.389. The number of imidazole rings is 1. The van der Waals surface area contributed by atoms with Gasteiger partial charge in [-0.2, -0.15) is 13.2 Å². The van der Waals surface area contributed by atoms with Crippen LogP contribution in [0.2, 0.25) is 0 Å².